The van der Waals surface area contributed by atoms with Crippen molar-refractivity contribution < 1.29 is 4.52 Å². The van der Waals surface area contributed by atoms with Gasteiger partial charge in [0.15, 0.2) is 5.82 Å². The molecule has 0 atom stereocenters. The third-order valence-electron chi connectivity index (χ3n) is 4.08. The summed E-state index contributed by atoms with van der Waals surface area (Å²) >= 11 is 0. The second-order valence-corrected chi connectivity index (χ2v) is 5.48. The van der Waals surface area contributed by atoms with Gasteiger partial charge in [0.05, 0.1) is 11.2 Å². The Bertz CT molecular complexity index is 594. The van der Waals surface area contributed by atoms with Crippen LogP contribution in [-0.4, -0.2) is 19.9 Å². The van der Waals surface area contributed by atoms with Gasteiger partial charge in [-0.1, -0.05) is 24.9 Å². The summed E-state index contributed by atoms with van der Waals surface area (Å²) in [5.41, 5.74) is 7.87. The first kappa shape index (κ1) is 13.3. The molecule has 0 amide bonds. The average molecular weight is 275 g/mol. The molecular formula is C14H21N5O. The molecule has 1 aliphatic rings. The first-order valence-electron chi connectivity index (χ1n) is 7.36. The van der Waals surface area contributed by atoms with Crippen LogP contribution < -0.4 is 5.73 Å². The number of hydrogen-bond acceptors (Lipinski definition) is 5. The van der Waals surface area contributed by atoms with Crippen LogP contribution in [0.1, 0.15) is 51.0 Å². The van der Waals surface area contributed by atoms with Crippen LogP contribution in [0.5, 0.6) is 0 Å². The van der Waals surface area contributed by atoms with Gasteiger partial charge in [0.2, 0.25) is 0 Å². The van der Waals surface area contributed by atoms with E-state index in [1.807, 2.05) is 10.7 Å². The summed E-state index contributed by atoms with van der Waals surface area (Å²) in [7, 11) is 0. The maximum absolute atomic E-state index is 6.37. The molecule has 0 bridgehead atoms. The molecule has 3 rings (SSSR count). The highest BCUT2D eigenvalue weighted by atomic mass is 16.5. The fraction of sp³-hybridized carbons (Fsp3) is 0.643. The molecule has 0 aliphatic heterocycles. The third-order valence-corrected chi connectivity index (χ3v) is 4.08. The summed E-state index contributed by atoms with van der Waals surface area (Å²) in [6, 6.07) is 2.01. The molecule has 2 aromatic heterocycles. The zero-order valence-corrected chi connectivity index (χ0v) is 12.1. The Hall–Kier alpha value is -1.69. The Balaban J connectivity index is 1.95. The number of aryl methyl sites for hydroxylation is 2. The van der Waals surface area contributed by atoms with Gasteiger partial charge < -0.3 is 10.3 Å². The first-order chi connectivity index (χ1) is 9.66. The number of aromatic nitrogens is 4. The van der Waals surface area contributed by atoms with Crippen LogP contribution >= 0.6 is 0 Å². The number of nitrogens with two attached hydrogens (primary N) is 1. The van der Waals surface area contributed by atoms with Crippen molar-refractivity contribution in [1.82, 2.24) is 19.9 Å². The van der Waals surface area contributed by atoms with Crippen molar-refractivity contribution in [3.63, 3.8) is 0 Å². The van der Waals surface area contributed by atoms with Crippen LogP contribution in [0.3, 0.4) is 0 Å². The molecule has 20 heavy (non-hydrogen) atoms. The maximum Gasteiger partial charge on any atom is 0.276 e. The molecule has 1 fully saturated rings. The van der Waals surface area contributed by atoms with Gasteiger partial charge in [-0.25, -0.2) is 0 Å². The quantitative estimate of drug-likeness (QED) is 0.925. The largest absolute Gasteiger partial charge is 0.332 e. The van der Waals surface area contributed by atoms with Gasteiger partial charge in [0.1, 0.15) is 5.69 Å². The molecule has 1 saturated carbocycles. The molecule has 0 radical (unpaired) electrons. The Kier molecular flexibility index (Phi) is 3.33. The monoisotopic (exact) mass is 275 g/mol. The van der Waals surface area contributed by atoms with E-state index in [1.54, 1.807) is 0 Å². The first-order valence-corrected chi connectivity index (χ1v) is 7.36. The SMILES string of the molecule is CCc1cc(-c2nc(C3(N)CCCC3)no2)n(CC)n1. The summed E-state index contributed by atoms with van der Waals surface area (Å²) in [4.78, 5) is 4.53. The zero-order chi connectivity index (χ0) is 14.2. The minimum Gasteiger partial charge on any atom is -0.332 e. The smallest absolute Gasteiger partial charge is 0.276 e. The Morgan fingerprint density at radius 3 is 2.75 bits per heavy atom. The van der Waals surface area contributed by atoms with Crippen LogP contribution in [0.15, 0.2) is 10.6 Å². The summed E-state index contributed by atoms with van der Waals surface area (Å²) in [6.45, 7) is 4.91. The predicted molar refractivity (Wildman–Crippen MR) is 74.9 cm³/mol. The fourth-order valence-corrected chi connectivity index (χ4v) is 2.82. The average Bonchev–Trinajstić information content (AvgIpc) is 3.16. The molecule has 1 aliphatic carbocycles. The lowest BCUT2D eigenvalue weighted by Gasteiger charge is -2.17. The summed E-state index contributed by atoms with van der Waals surface area (Å²) < 4.78 is 7.32. The van der Waals surface area contributed by atoms with E-state index in [1.165, 1.54) is 0 Å². The fourth-order valence-electron chi connectivity index (χ4n) is 2.82. The molecule has 0 saturated heterocycles. The van der Waals surface area contributed by atoms with Crippen molar-refractivity contribution in [3.05, 3.63) is 17.6 Å². The Morgan fingerprint density at radius 1 is 1.35 bits per heavy atom. The zero-order valence-electron chi connectivity index (χ0n) is 12.1. The van der Waals surface area contributed by atoms with Gasteiger partial charge in [-0.15, -0.1) is 0 Å². The topological polar surface area (TPSA) is 82.8 Å². The van der Waals surface area contributed by atoms with Crippen LogP contribution in [0.4, 0.5) is 0 Å². The molecule has 0 unspecified atom stereocenters. The van der Waals surface area contributed by atoms with Crippen molar-refractivity contribution in [2.75, 3.05) is 0 Å². The van der Waals surface area contributed by atoms with Gasteiger partial charge in [-0.05, 0) is 32.3 Å². The van der Waals surface area contributed by atoms with Crippen LogP contribution in [0.2, 0.25) is 0 Å². The van der Waals surface area contributed by atoms with Gasteiger partial charge in [0.25, 0.3) is 5.89 Å². The standard InChI is InChI=1S/C14H21N5O/c1-3-10-9-11(19(4-2)17-10)12-16-13(18-20-12)14(15)7-5-6-8-14/h9H,3-8,15H2,1-2H3. The van der Waals surface area contributed by atoms with Crippen molar-refractivity contribution in [3.8, 4) is 11.6 Å². The normalized spacial score (nSPS) is 17.8. The van der Waals surface area contributed by atoms with Crippen LogP contribution in [0, 0.1) is 0 Å². The van der Waals surface area contributed by atoms with E-state index < -0.39 is 5.54 Å². The summed E-state index contributed by atoms with van der Waals surface area (Å²) in [5, 5.41) is 8.61. The lowest BCUT2D eigenvalue weighted by Crippen LogP contribution is -2.34. The van der Waals surface area contributed by atoms with Gasteiger partial charge >= 0.3 is 0 Å². The lowest BCUT2D eigenvalue weighted by molar-refractivity contribution is 0.371. The number of rotatable bonds is 4. The summed E-state index contributed by atoms with van der Waals surface area (Å²) in [5.74, 6) is 1.15. The second kappa shape index (κ2) is 5.01. The minimum atomic E-state index is -0.410. The van der Waals surface area contributed by atoms with E-state index in [-0.39, 0.29) is 0 Å². The molecule has 108 valence electrons. The molecule has 6 nitrogen and oxygen atoms in total. The molecule has 6 heteroatoms. The third kappa shape index (κ3) is 2.14. The predicted octanol–water partition coefficient (Wildman–Crippen LogP) is 2.24. The number of nitrogens with zero attached hydrogens (tertiary/aromatic N) is 4. The molecule has 0 spiro atoms. The van der Waals surface area contributed by atoms with E-state index >= 15 is 0 Å². The number of hydrogen-bond donors (Lipinski definition) is 1. The van der Waals surface area contributed by atoms with E-state index in [9.17, 15) is 0 Å². The van der Waals surface area contributed by atoms with E-state index in [0.29, 0.717) is 11.7 Å². The van der Waals surface area contributed by atoms with E-state index in [2.05, 4.69) is 29.1 Å². The van der Waals surface area contributed by atoms with Crippen LogP contribution in [-0.2, 0) is 18.5 Å². The molecule has 2 heterocycles. The molecule has 2 N–H and O–H groups in total. The van der Waals surface area contributed by atoms with Gasteiger partial charge in [-0.3, -0.25) is 4.68 Å². The summed E-state index contributed by atoms with van der Waals surface area (Å²) in [6.07, 6.45) is 5.01. The van der Waals surface area contributed by atoms with Crippen molar-refractivity contribution in [2.45, 2.75) is 58.0 Å². The lowest BCUT2D eigenvalue weighted by atomic mass is 9.99. The van der Waals surface area contributed by atoms with Crippen molar-refractivity contribution in [1.29, 1.82) is 0 Å². The second-order valence-electron chi connectivity index (χ2n) is 5.48. The highest BCUT2D eigenvalue weighted by molar-refractivity contribution is 5.48. The van der Waals surface area contributed by atoms with Crippen molar-refractivity contribution in [2.24, 2.45) is 5.73 Å². The minimum absolute atomic E-state index is 0.410. The maximum atomic E-state index is 6.37. The Labute approximate surface area is 118 Å². The highest BCUT2D eigenvalue weighted by Crippen LogP contribution is 2.35. The molecule has 2 aromatic rings. The van der Waals surface area contributed by atoms with E-state index in [4.69, 9.17) is 10.3 Å². The van der Waals surface area contributed by atoms with Gasteiger partial charge in [0, 0.05) is 6.54 Å². The van der Waals surface area contributed by atoms with E-state index in [0.717, 1.165) is 50.0 Å². The van der Waals surface area contributed by atoms with Gasteiger partial charge in [-0.2, -0.15) is 10.1 Å². The molecular weight excluding hydrogens is 254 g/mol. The molecule has 0 aromatic carbocycles. The van der Waals surface area contributed by atoms with Crippen LogP contribution in [0.25, 0.3) is 11.6 Å². The Morgan fingerprint density at radius 2 is 2.10 bits per heavy atom. The highest BCUT2D eigenvalue weighted by Gasteiger charge is 2.36. The van der Waals surface area contributed by atoms with Crippen molar-refractivity contribution >= 4 is 0 Å².